The zero-order valence-corrected chi connectivity index (χ0v) is 11.4. The average Bonchev–Trinajstić information content (AvgIpc) is 2.78. The molecular formula is C16H20N2. The molecule has 1 aromatic carbocycles. The van der Waals surface area contributed by atoms with Gasteiger partial charge in [-0.05, 0) is 48.9 Å². The molecule has 1 aromatic heterocycles. The van der Waals surface area contributed by atoms with Gasteiger partial charge in [0.25, 0.3) is 0 Å². The van der Waals surface area contributed by atoms with Crippen LogP contribution < -0.4 is 0 Å². The molecular weight excluding hydrogens is 220 g/mol. The lowest BCUT2D eigenvalue weighted by molar-refractivity contribution is 0.499. The van der Waals surface area contributed by atoms with Gasteiger partial charge in [0.1, 0.15) is 0 Å². The molecule has 1 atom stereocenters. The third-order valence-corrected chi connectivity index (χ3v) is 3.56. The lowest BCUT2D eigenvalue weighted by atomic mass is 9.87. The highest BCUT2D eigenvalue weighted by Crippen LogP contribution is 2.31. The van der Waals surface area contributed by atoms with Gasteiger partial charge in [-0.2, -0.15) is 5.26 Å². The highest BCUT2D eigenvalue weighted by atomic mass is 14.7. The van der Waals surface area contributed by atoms with Gasteiger partial charge in [-0.3, -0.25) is 0 Å². The molecule has 2 nitrogen and oxygen atoms in total. The quantitative estimate of drug-likeness (QED) is 0.736. The van der Waals surface area contributed by atoms with Crippen LogP contribution >= 0.6 is 0 Å². The highest BCUT2D eigenvalue weighted by molar-refractivity contribution is 5.86. The van der Waals surface area contributed by atoms with Crippen molar-refractivity contribution in [1.82, 2.24) is 4.98 Å². The average molecular weight is 240 g/mol. The number of hydrogen-bond donors (Lipinski definition) is 1. The van der Waals surface area contributed by atoms with E-state index in [1.54, 1.807) is 0 Å². The van der Waals surface area contributed by atoms with E-state index in [0.717, 1.165) is 24.3 Å². The van der Waals surface area contributed by atoms with Gasteiger partial charge in [0.2, 0.25) is 0 Å². The number of nitriles is 1. The first-order valence-electron chi connectivity index (χ1n) is 6.81. The van der Waals surface area contributed by atoms with Crippen LogP contribution in [0.3, 0.4) is 0 Å². The molecule has 1 heterocycles. The Hall–Kier alpha value is -1.75. The topological polar surface area (TPSA) is 39.6 Å². The third-order valence-electron chi connectivity index (χ3n) is 3.56. The van der Waals surface area contributed by atoms with Gasteiger partial charge in [0.05, 0.1) is 11.6 Å². The number of rotatable bonds is 0. The van der Waals surface area contributed by atoms with Gasteiger partial charge in [-0.15, -0.1) is 0 Å². The lowest BCUT2D eigenvalue weighted by Crippen LogP contribution is -2.09. The predicted molar refractivity (Wildman–Crippen MR) is 75.6 cm³/mol. The first-order chi connectivity index (χ1) is 8.78. The molecule has 0 saturated heterocycles. The fourth-order valence-corrected chi connectivity index (χ4v) is 2.66. The van der Waals surface area contributed by atoms with Gasteiger partial charge in [-0.1, -0.05) is 20.8 Å². The Morgan fingerprint density at radius 2 is 2.11 bits per heavy atom. The number of benzene rings is 1. The van der Waals surface area contributed by atoms with Gasteiger partial charge in [0.15, 0.2) is 0 Å². The Bertz CT molecular complexity index is 587. The van der Waals surface area contributed by atoms with E-state index in [9.17, 15) is 0 Å². The van der Waals surface area contributed by atoms with E-state index in [1.165, 1.54) is 28.6 Å². The predicted octanol–water partition coefficient (Wildman–Crippen LogP) is 4.19. The molecule has 1 N–H and O–H groups in total. The molecule has 0 spiro atoms. The van der Waals surface area contributed by atoms with Gasteiger partial charge >= 0.3 is 0 Å². The van der Waals surface area contributed by atoms with Crippen LogP contribution in [-0.2, 0) is 12.8 Å². The van der Waals surface area contributed by atoms with Crippen LogP contribution in [0.4, 0.5) is 0 Å². The van der Waals surface area contributed by atoms with Crippen molar-refractivity contribution in [3.05, 3.63) is 35.0 Å². The number of aromatic nitrogens is 1. The third kappa shape index (κ3) is 2.13. The Balaban J connectivity index is 0.000000574. The minimum atomic E-state index is 0.757. The largest absolute Gasteiger partial charge is 0.358 e. The molecule has 18 heavy (non-hydrogen) atoms. The summed E-state index contributed by atoms with van der Waals surface area (Å²) in [4.78, 5) is 3.48. The zero-order chi connectivity index (χ0) is 13.1. The van der Waals surface area contributed by atoms with Crippen LogP contribution in [0, 0.1) is 17.2 Å². The SMILES string of the molecule is CC.CC1CCc2[nH]c3ccc(C#N)cc3c2C1. The Labute approximate surface area is 109 Å². The number of fused-ring (bicyclic) bond motifs is 3. The maximum Gasteiger partial charge on any atom is 0.0991 e. The molecule has 1 unspecified atom stereocenters. The fraction of sp³-hybridized carbons (Fsp3) is 0.438. The zero-order valence-electron chi connectivity index (χ0n) is 11.4. The molecule has 0 bridgehead atoms. The summed E-state index contributed by atoms with van der Waals surface area (Å²) in [5.74, 6) is 0.761. The molecule has 3 rings (SSSR count). The molecule has 1 aliphatic rings. The summed E-state index contributed by atoms with van der Waals surface area (Å²) in [6, 6.07) is 8.14. The van der Waals surface area contributed by atoms with Crippen LogP contribution in [0.5, 0.6) is 0 Å². The van der Waals surface area contributed by atoms with Crippen molar-refractivity contribution < 1.29 is 0 Å². The molecule has 1 aliphatic carbocycles. The van der Waals surface area contributed by atoms with Gasteiger partial charge < -0.3 is 4.98 Å². The minimum Gasteiger partial charge on any atom is -0.358 e. The molecule has 0 amide bonds. The Kier molecular flexibility index (Phi) is 3.72. The number of H-pyrrole nitrogens is 1. The molecule has 0 aliphatic heterocycles. The molecule has 0 fully saturated rings. The summed E-state index contributed by atoms with van der Waals surface area (Å²) < 4.78 is 0. The number of nitrogens with one attached hydrogen (secondary N) is 1. The van der Waals surface area contributed by atoms with Crippen molar-refractivity contribution in [2.24, 2.45) is 5.92 Å². The van der Waals surface area contributed by atoms with Crippen LogP contribution in [-0.4, -0.2) is 4.98 Å². The van der Waals surface area contributed by atoms with E-state index in [2.05, 4.69) is 18.0 Å². The summed E-state index contributed by atoms with van der Waals surface area (Å²) in [6.45, 7) is 6.30. The van der Waals surface area contributed by atoms with E-state index in [-0.39, 0.29) is 0 Å². The van der Waals surface area contributed by atoms with Crippen LogP contribution in [0.1, 0.15) is 44.0 Å². The normalized spacial score (nSPS) is 17.6. The monoisotopic (exact) mass is 240 g/mol. The standard InChI is InChI=1S/C14H14N2.C2H6/c1-9-2-4-13-11(6-9)12-7-10(8-15)3-5-14(12)16-13;1-2/h3,5,7,9,16H,2,4,6H2,1H3;1-2H3. The highest BCUT2D eigenvalue weighted by Gasteiger charge is 2.19. The smallest absolute Gasteiger partial charge is 0.0991 e. The van der Waals surface area contributed by atoms with Crippen molar-refractivity contribution in [2.45, 2.75) is 40.0 Å². The van der Waals surface area contributed by atoms with Crippen LogP contribution in [0.25, 0.3) is 10.9 Å². The van der Waals surface area contributed by atoms with E-state index in [4.69, 9.17) is 5.26 Å². The van der Waals surface area contributed by atoms with Gasteiger partial charge in [-0.25, -0.2) is 0 Å². The van der Waals surface area contributed by atoms with Crippen molar-refractivity contribution in [3.63, 3.8) is 0 Å². The maximum absolute atomic E-state index is 8.93. The fourth-order valence-electron chi connectivity index (χ4n) is 2.66. The summed E-state index contributed by atoms with van der Waals surface area (Å²) in [6.07, 6.45) is 3.56. The first kappa shape index (κ1) is 12.7. The van der Waals surface area contributed by atoms with Crippen LogP contribution in [0.15, 0.2) is 18.2 Å². The van der Waals surface area contributed by atoms with Crippen molar-refractivity contribution >= 4 is 10.9 Å². The minimum absolute atomic E-state index is 0.757. The second-order valence-corrected chi connectivity index (χ2v) is 4.80. The number of aromatic amines is 1. The summed E-state index contributed by atoms with van der Waals surface area (Å²) >= 11 is 0. The number of hydrogen-bond acceptors (Lipinski definition) is 1. The van der Waals surface area contributed by atoms with Crippen molar-refractivity contribution in [1.29, 1.82) is 5.26 Å². The second kappa shape index (κ2) is 5.27. The molecule has 2 heteroatoms. The number of nitrogens with zero attached hydrogens (tertiary/aromatic N) is 1. The summed E-state index contributed by atoms with van der Waals surface area (Å²) in [5, 5.41) is 10.2. The van der Waals surface area contributed by atoms with Crippen molar-refractivity contribution in [2.75, 3.05) is 0 Å². The summed E-state index contributed by atoms with van der Waals surface area (Å²) in [5.41, 5.74) is 4.75. The van der Waals surface area contributed by atoms with E-state index in [0.29, 0.717) is 0 Å². The van der Waals surface area contributed by atoms with E-state index >= 15 is 0 Å². The Morgan fingerprint density at radius 1 is 1.33 bits per heavy atom. The molecule has 94 valence electrons. The lowest BCUT2D eigenvalue weighted by Gasteiger charge is -2.18. The van der Waals surface area contributed by atoms with E-state index in [1.807, 2.05) is 32.0 Å². The second-order valence-electron chi connectivity index (χ2n) is 4.80. The number of aryl methyl sites for hydroxylation is 1. The first-order valence-corrected chi connectivity index (χ1v) is 6.81. The Morgan fingerprint density at radius 3 is 2.83 bits per heavy atom. The van der Waals surface area contributed by atoms with Crippen LogP contribution in [0.2, 0.25) is 0 Å². The van der Waals surface area contributed by atoms with Crippen molar-refractivity contribution in [3.8, 4) is 6.07 Å². The van der Waals surface area contributed by atoms with Gasteiger partial charge in [0, 0.05) is 16.6 Å². The molecule has 0 radical (unpaired) electrons. The molecule has 2 aromatic rings. The maximum atomic E-state index is 8.93. The molecule has 0 saturated carbocycles. The van der Waals surface area contributed by atoms with E-state index < -0.39 is 0 Å². The summed E-state index contributed by atoms with van der Waals surface area (Å²) in [7, 11) is 0.